The van der Waals surface area contributed by atoms with E-state index in [9.17, 15) is 24.6 Å². The maximum atomic E-state index is 13.1. The predicted molar refractivity (Wildman–Crippen MR) is 144 cm³/mol. The molecule has 2 aromatic rings. The summed E-state index contributed by atoms with van der Waals surface area (Å²) in [5.74, 6) is -2.55. The maximum absolute atomic E-state index is 13.1. The highest BCUT2D eigenvalue weighted by Crippen LogP contribution is 2.33. The first kappa shape index (κ1) is 29.2. The lowest BCUT2D eigenvalue weighted by Gasteiger charge is -2.35. The van der Waals surface area contributed by atoms with Crippen LogP contribution in [0.1, 0.15) is 36.0 Å². The molecular formula is C26H33BrN4O8. The molecule has 6 N–H and O–H groups in total. The summed E-state index contributed by atoms with van der Waals surface area (Å²) >= 11 is 3.35. The van der Waals surface area contributed by atoms with E-state index in [1.807, 2.05) is 0 Å². The summed E-state index contributed by atoms with van der Waals surface area (Å²) < 4.78 is 10.9. The highest BCUT2D eigenvalue weighted by Gasteiger charge is 2.32. The van der Waals surface area contributed by atoms with Crippen LogP contribution in [0.4, 0.5) is 5.69 Å². The van der Waals surface area contributed by atoms with Crippen LogP contribution in [-0.2, 0) is 14.3 Å². The summed E-state index contributed by atoms with van der Waals surface area (Å²) in [5, 5.41) is 31.1. The summed E-state index contributed by atoms with van der Waals surface area (Å²) in [7, 11) is 0. The lowest BCUT2D eigenvalue weighted by atomic mass is 9.94. The molecule has 2 saturated heterocycles. The number of nitrogens with one attached hydrogen (secondary N) is 1. The normalized spacial score (nSPS) is 18.9. The van der Waals surface area contributed by atoms with Gasteiger partial charge in [-0.1, -0.05) is 0 Å². The van der Waals surface area contributed by atoms with Gasteiger partial charge in [0.15, 0.2) is 12.2 Å². The van der Waals surface area contributed by atoms with Gasteiger partial charge in [-0.2, -0.15) is 0 Å². The first-order chi connectivity index (χ1) is 18.6. The highest BCUT2D eigenvalue weighted by atomic mass is 79.9. The molecule has 1 amide bonds. The molecule has 0 aliphatic carbocycles. The number of carboxylic acid groups (broad SMARTS) is 1. The molecule has 1 aromatic carbocycles. The minimum Gasteiger partial charge on any atom is -0.479 e. The number of nitrogens with two attached hydrogens (primary N) is 1. The number of hydrogen-bond acceptors (Lipinski definition) is 10. The van der Waals surface area contributed by atoms with E-state index in [2.05, 4.69) is 31.1 Å². The zero-order chi connectivity index (χ0) is 28.1. The molecule has 12 nitrogen and oxygen atoms in total. The van der Waals surface area contributed by atoms with E-state index < -0.39 is 24.1 Å². The van der Waals surface area contributed by atoms with Crippen molar-refractivity contribution in [1.82, 2.24) is 15.2 Å². The molecular weight excluding hydrogens is 576 g/mol. The van der Waals surface area contributed by atoms with E-state index in [0.29, 0.717) is 28.2 Å². The standard InChI is InChI=1S/C26H33BrN4O8/c27-19-10-18(24(34)30-11-14-1-5-31(6-2-14)13-15-3-7-38-8-4-15)21-17(20(19)28)9-16(12-29-21)39-26(37)23(33)22(32)25(35)36/h9-10,12,14-15,22-23,32-33H,1-8,11,13,28H2,(H,30,34)(H,35,36). The number of anilines is 1. The second kappa shape index (κ2) is 13.0. The number of nitrogen functional groups attached to an aromatic ring is 1. The number of benzene rings is 1. The average Bonchev–Trinajstić information content (AvgIpc) is 2.94. The quantitative estimate of drug-likeness (QED) is 0.203. The number of hydrogen-bond donors (Lipinski definition) is 5. The van der Waals surface area contributed by atoms with Crippen LogP contribution in [0, 0.1) is 11.8 Å². The van der Waals surface area contributed by atoms with E-state index in [0.717, 1.165) is 64.7 Å². The van der Waals surface area contributed by atoms with E-state index in [1.54, 1.807) is 6.07 Å². The number of aliphatic hydroxyl groups is 2. The van der Waals surface area contributed by atoms with Gasteiger partial charge in [-0.05, 0) is 78.7 Å². The second-order valence-corrected chi connectivity index (χ2v) is 10.9. The molecule has 2 unspecified atom stereocenters. The first-order valence-electron chi connectivity index (χ1n) is 12.9. The van der Waals surface area contributed by atoms with E-state index in [4.69, 9.17) is 20.3 Å². The Balaban J connectivity index is 1.38. The van der Waals surface area contributed by atoms with Crippen molar-refractivity contribution in [3.8, 4) is 5.75 Å². The van der Waals surface area contributed by atoms with Crippen LogP contribution < -0.4 is 15.8 Å². The van der Waals surface area contributed by atoms with Gasteiger partial charge < -0.3 is 40.7 Å². The van der Waals surface area contributed by atoms with Crippen molar-refractivity contribution in [3.63, 3.8) is 0 Å². The molecule has 4 rings (SSSR count). The summed E-state index contributed by atoms with van der Waals surface area (Å²) in [6.07, 6.45) is 0.755. The molecule has 212 valence electrons. The number of esters is 1. The molecule has 39 heavy (non-hydrogen) atoms. The number of carboxylic acids is 1. The van der Waals surface area contributed by atoms with Gasteiger partial charge in [-0.15, -0.1) is 0 Å². The smallest absolute Gasteiger partial charge is 0.343 e. The number of aliphatic hydroxyl groups excluding tert-OH is 2. The topological polar surface area (TPSA) is 185 Å². The molecule has 2 fully saturated rings. The van der Waals surface area contributed by atoms with Crippen LogP contribution in [-0.4, -0.2) is 94.6 Å². The minimum absolute atomic E-state index is 0.146. The van der Waals surface area contributed by atoms with Crippen LogP contribution in [0.15, 0.2) is 22.8 Å². The first-order valence-corrected chi connectivity index (χ1v) is 13.7. The van der Waals surface area contributed by atoms with Gasteiger partial charge in [-0.3, -0.25) is 9.78 Å². The molecule has 0 radical (unpaired) electrons. The van der Waals surface area contributed by atoms with Gasteiger partial charge in [0, 0.05) is 36.2 Å². The summed E-state index contributed by atoms with van der Waals surface area (Å²) in [5.41, 5.74) is 6.98. The van der Waals surface area contributed by atoms with Crippen molar-refractivity contribution in [3.05, 3.63) is 28.4 Å². The van der Waals surface area contributed by atoms with Gasteiger partial charge in [0.05, 0.1) is 23.0 Å². The Bertz CT molecular complexity index is 1210. The van der Waals surface area contributed by atoms with E-state index >= 15 is 0 Å². The summed E-state index contributed by atoms with van der Waals surface area (Å²) in [6, 6.07) is 2.93. The molecule has 3 heterocycles. The van der Waals surface area contributed by atoms with Crippen LogP contribution in [0.25, 0.3) is 10.9 Å². The van der Waals surface area contributed by atoms with Gasteiger partial charge in [0.1, 0.15) is 5.75 Å². The largest absolute Gasteiger partial charge is 0.479 e. The van der Waals surface area contributed by atoms with Crippen LogP contribution in [0.2, 0.25) is 0 Å². The number of pyridine rings is 1. The van der Waals surface area contributed by atoms with Crippen molar-refractivity contribution in [2.75, 3.05) is 45.1 Å². The van der Waals surface area contributed by atoms with Gasteiger partial charge in [0.25, 0.3) is 5.91 Å². The molecule has 0 spiro atoms. The number of aromatic nitrogens is 1. The van der Waals surface area contributed by atoms with E-state index in [1.165, 1.54) is 6.07 Å². The summed E-state index contributed by atoms with van der Waals surface area (Å²) in [6.45, 7) is 5.36. The Morgan fingerprint density at radius 2 is 1.82 bits per heavy atom. The zero-order valence-corrected chi connectivity index (χ0v) is 22.9. The number of ether oxygens (including phenoxy) is 2. The van der Waals surface area contributed by atoms with Crippen molar-refractivity contribution in [2.24, 2.45) is 11.8 Å². The second-order valence-electron chi connectivity index (χ2n) is 10.0. The fraction of sp³-hybridized carbons (Fsp3) is 0.538. The Hall–Kier alpha value is -2.84. The zero-order valence-electron chi connectivity index (χ0n) is 21.3. The van der Waals surface area contributed by atoms with Crippen LogP contribution >= 0.6 is 15.9 Å². The molecule has 0 saturated carbocycles. The average molecular weight is 609 g/mol. The Labute approximate surface area is 233 Å². The lowest BCUT2D eigenvalue weighted by Crippen LogP contribution is -2.41. The molecule has 1 aromatic heterocycles. The number of fused-ring (bicyclic) bond motifs is 1. The van der Waals surface area contributed by atoms with Crippen molar-refractivity contribution in [1.29, 1.82) is 0 Å². The number of halogens is 1. The molecule has 2 aliphatic rings. The number of likely N-dealkylation sites (tertiary alicyclic amines) is 1. The van der Waals surface area contributed by atoms with Crippen molar-refractivity contribution >= 4 is 50.4 Å². The lowest BCUT2D eigenvalue weighted by molar-refractivity contribution is -0.164. The minimum atomic E-state index is -2.35. The number of nitrogens with zero attached hydrogens (tertiary/aromatic N) is 2. The number of carbonyl (C=O) groups excluding carboxylic acids is 2. The molecule has 0 bridgehead atoms. The number of rotatable bonds is 9. The Kier molecular flexibility index (Phi) is 9.72. The third-order valence-corrected chi connectivity index (χ3v) is 7.96. The van der Waals surface area contributed by atoms with E-state index in [-0.39, 0.29) is 28.4 Å². The molecule has 2 atom stereocenters. The SMILES string of the molecule is Nc1c(Br)cc(C(=O)NCC2CCN(CC3CCOCC3)CC2)c2ncc(OC(=O)C(O)C(O)C(=O)O)cc12. The predicted octanol–water partition coefficient (Wildman–Crippen LogP) is 1.16. The van der Waals surface area contributed by atoms with Crippen molar-refractivity contribution < 1.29 is 39.2 Å². The van der Waals surface area contributed by atoms with Gasteiger partial charge >= 0.3 is 11.9 Å². The number of aliphatic carboxylic acids is 1. The monoisotopic (exact) mass is 608 g/mol. The fourth-order valence-electron chi connectivity index (χ4n) is 4.94. The maximum Gasteiger partial charge on any atom is 0.343 e. The van der Waals surface area contributed by atoms with Crippen LogP contribution in [0.5, 0.6) is 5.75 Å². The number of amides is 1. The number of carbonyl (C=O) groups is 3. The molecule has 2 aliphatic heterocycles. The fourth-order valence-corrected chi connectivity index (χ4v) is 5.38. The Morgan fingerprint density at radius 1 is 1.13 bits per heavy atom. The third-order valence-electron chi connectivity index (χ3n) is 7.31. The molecule has 13 heteroatoms. The highest BCUT2D eigenvalue weighted by molar-refractivity contribution is 9.10. The van der Waals surface area contributed by atoms with Crippen molar-refractivity contribution in [2.45, 2.75) is 37.9 Å². The van der Waals surface area contributed by atoms with Crippen LogP contribution in [0.3, 0.4) is 0 Å². The third kappa shape index (κ3) is 7.22. The van der Waals surface area contributed by atoms with Gasteiger partial charge in [0.2, 0.25) is 0 Å². The number of piperidine rings is 1. The van der Waals surface area contributed by atoms with Gasteiger partial charge in [-0.25, -0.2) is 9.59 Å². The summed E-state index contributed by atoms with van der Waals surface area (Å²) in [4.78, 5) is 42.7. The Morgan fingerprint density at radius 3 is 2.49 bits per heavy atom.